The van der Waals surface area contributed by atoms with Gasteiger partial charge in [-0.1, -0.05) is 42.5 Å². The molecule has 166 valence electrons. The third kappa shape index (κ3) is 4.61. The summed E-state index contributed by atoms with van der Waals surface area (Å²) in [6.45, 7) is 5.03. The van der Waals surface area contributed by atoms with Crippen LogP contribution in [0.15, 0.2) is 77.1 Å². The topological polar surface area (TPSA) is 55.6 Å². The smallest absolute Gasteiger partial charge is 0.262 e. The van der Waals surface area contributed by atoms with Gasteiger partial charge in [0.05, 0.1) is 17.1 Å². The summed E-state index contributed by atoms with van der Waals surface area (Å²) >= 11 is 1.63. The molecule has 0 spiro atoms. The molecule has 0 bridgehead atoms. The van der Waals surface area contributed by atoms with Crippen molar-refractivity contribution in [1.29, 1.82) is 0 Å². The van der Waals surface area contributed by atoms with Gasteiger partial charge in [0.2, 0.25) is 0 Å². The van der Waals surface area contributed by atoms with Crippen molar-refractivity contribution in [1.82, 2.24) is 4.57 Å². The molecule has 1 aromatic heterocycles. The molecule has 0 unspecified atom stereocenters. The molecular formula is C27H25N3O2S. The van der Waals surface area contributed by atoms with E-state index in [0.29, 0.717) is 11.4 Å². The van der Waals surface area contributed by atoms with Crippen LogP contribution < -0.4 is 14.9 Å². The van der Waals surface area contributed by atoms with Crippen molar-refractivity contribution in [2.75, 3.05) is 11.9 Å². The molecule has 33 heavy (non-hydrogen) atoms. The lowest BCUT2D eigenvalue weighted by atomic mass is 10.1. The Balaban J connectivity index is 1.59. The molecule has 0 aliphatic carbocycles. The lowest BCUT2D eigenvalue weighted by Gasteiger charge is -2.19. The van der Waals surface area contributed by atoms with Crippen molar-refractivity contribution in [3.8, 4) is 17.0 Å². The highest BCUT2D eigenvalue weighted by atomic mass is 32.1. The summed E-state index contributed by atoms with van der Waals surface area (Å²) in [4.78, 5) is 17.8. The van der Waals surface area contributed by atoms with Gasteiger partial charge < -0.3 is 14.6 Å². The van der Waals surface area contributed by atoms with Gasteiger partial charge in [0.1, 0.15) is 5.75 Å². The number of carbonyl (C=O) groups excluding carboxylic acids is 1. The number of fused-ring (bicyclic) bond motifs is 1. The van der Waals surface area contributed by atoms with Gasteiger partial charge >= 0.3 is 0 Å². The fraction of sp³-hybridized carbons (Fsp3) is 0.185. The zero-order valence-corrected chi connectivity index (χ0v) is 19.5. The number of ether oxygens (including phenoxy) is 1. The van der Waals surface area contributed by atoms with Crippen molar-refractivity contribution < 1.29 is 9.53 Å². The van der Waals surface area contributed by atoms with Crippen molar-refractivity contribution in [2.45, 2.75) is 26.8 Å². The van der Waals surface area contributed by atoms with Crippen LogP contribution in [-0.4, -0.2) is 17.1 Å². The maximum absolute atomic E-state index is 11.8. The summed E-state index contributed by atoms with van der Waals surface area (Å²) in [6.07, 6.45) is 0.898. The van der Waals surface area contributed by atoms with Gasteiger partial charge in [-0.3, -0.25) is 4.79 Å². The predicted molar refractivity (Wildman–Crippen MR) is 133 cm³/mol. The number of hydrogen-bond donors (Lipinski definition) is 1. The second kappa shape index (κ2) is 9.08. The molecule has 0 radical (unpaired) electrons. The quantitative estimate of drug-likeness (QED) is 0.423. The Hall–Kier alpha value is -3.64. The van der Waals surface area contributed by atoms with Gasteiger partial charge in [0.15, 0.2) is 11.4 Å². The number of nitrogens with zero attached hydrogens (tertiary/aromatic N) is 2. The molecule has 0 saturated carbocycles. The number of hydrogen-bond acceptors (Lipinski definition) is 4. The Morgan fingerprint density at radius 1 is 1.06 bits per heavy atom. The van der Waals surface area contributed by atoms with Gasteiger partial charge in [-0.15, -0.1) is 11.3 Å². The zero-order valence-electron chi connectivity index (χ0n) is 18.7. The second-order valence-corrected chi connectivity index (χ2v) is 9.08. The van der Waals surface area contributed by atoms with Crippen LogP contribution in [0.1, 0.15) is 16.7 Å². The lowest BCUT2D eigenvalue weighted by Crippen LogP contribution is -2.25. The van der Waals surface area contributed by atoms with E-state index in [2.05, 4.69) is 71.6 Å². The Morgan fingerprint density at radius 3 is 2.76 bits per heavy atom. The van der Waals surface area contributed by atoms with Crippen LogP contribution in [0.3, 0.4) is 0 Å². The van der Waals surface area contributed by atoms with E-state index in [0.717, 1.165) is 40.3 Å². The van der Waals surface area contributed by atoms with Crippen molar-refractivity contribution in [2.24, 2.45) is 4.99 Å². The summed E-state index contributed by atoms with van der Waals surface area (Å²) < 4.78 is 7.81. The minimum atomic E-state index is -0.132. The highest BCUT2D eigenvalue weighted by Gasteiger charge is 2.18. The molecule has 3 aromatic carbocycles. The normalized spacial score (nSPS) is 13.4. The van der Waals surface area contributed by atoms with E-state index in [-0.39, 0.29) is 12.5 Å². The number of benzene rings is 3. The minimum absolute atomic E-state index is 0.0563. The molecule has 0 saturated heterocycles. The minimum Gasteiger partial charge on any atom is -0.482 e. The van der Waals surface area contributed by atoms with Crippen molar-refractivity contribution in [3.05, 3.63) is 93.6 Å². The van der Waals surface area contributed by atoms with Crippen LogP contribution in [0, 0.1) is 13.8 Å². The average Bonchev–Trinajstić information content (AvgIpc) is 3.22. The summed E-state index contributed by atoms with van der Waals surface area (Å²) in [7, 11) is 0. The lowest BCUT2D eigenvalue weighted by molar-refractivity contribution is -0.118. The van der Waals surface area contributed by atoms with E-state index in [4.69, 9.17) is 9.73 Å². The Morgan fingerprint density at radius 2 is 1.91 bits per heavy atom. The number of amides is 1. The second-order valence-electron chi connectivity index (χ2n) is 8.24. The van der Waals surface area contributed by atoms with Crippen LogP contribution in [0.25, 0.3) is 11.3 Å². The average molecular weight is 456 g/mol. The molecule has 5 rings (SSSR count). The van der Waals surface area contributed by atoms with Crippen LogP contribution in [0.2, 0.25) is 0 Å². The zero-order chi connectivity index (χ0) is 22.8. The fourth-order valence-corrected chi connectivity index (χ4v) is 4.88. The molecule has 6 heteroatoms. The van der Waals surface area contributed by atoms with Gasteiger partial charge in [0, 0.05) is 17.5 Å². The monoisotopic (exact) mass is 455 g/mol. The van der Waals surface area contributed by atoms with Crippen LogP contribution >= 0.6 is 11.3 Å². The van der Waals surface area contributed by atoms with Gasteiger partial charge in [-0.05, 0) is 61.2 Å². The van der Waals surface area contributed by atoms with Crippen LogP contribution in [-0.2, 0) is 17.8 Å². The fourth-order valence-electron chi connectivity index (χ4n) is 3.94. The molecule has 1 aliphatic heterocycles. The third-order valence-corrected chi connectivity index (χ3v) is 6.62. The van der Waals surface area contributed by atoms with Gasteiger partial charge in [-0.2, -0.15) is 0 Å². The Bertz CT molecular complexity index is 1390. The summed E-state index contributed by atoms with van der Waals surface area (Å²) in [5.74, 6) is 0.567. The highest BCUT2D eigenvalue weighted by molar-refractivity contribution is 7.07. The highest BCUT2D eigenvalue weighted by Crippen LogP contribution is 2.33. The van der Waals surface area contributed by atoms with Gasteiger partial charge in [0.25, 0.3) is 5.91 Å². The van der Waals surface area contributed by atoms with Crippen molar-refractivity contribution >= 4 is 28.6 Å². The van der Waals surface area contributed by atoms with Crippen LogP contribution in [0.4, 0.5) is 11.4 Å². The molecule has 0 atom stereocenters. The maximum Gasteiger partial charge on any atom is 0.262 e. The largest absolute Gasteiger partial charge is 0.482 e. The van der Waals surface area contributed by atoms with E-state index in [1.807, 2.05) is 24.3 Å². The first kappa shape index (κ1) is 21.2. The molecule has 0 fully saturated rings. The molecule has 1 N–H and O–H groups in total. The van der Waals surface area contributed by atoms with E-state index in [9.17, 15) is 4.79 Å². The Kier molecular flexibility index (Phi) is 5.84. The van der Waals surface area contributed by atoms with E-state index < -0.39 is 0 Å². The number of rotatable bonds is 5. The van der Waals surface area contributed by atoms with Crippen LogP contribution in [0.5, 0.6) is 5.75 Å². The van der Waals surface area contributed by atoms with E-state index in [1.165, 1.54) is 11.1 Å². The maximum atomic E-state index is 11.8. The molecule has 2 heterocycles. The molecule has 5 nitrogen and oxygen atoms in total. The Labute approximate surface area is 197 Å². The van der Waals surface area contributed by atoms with Crippen molar-refractivity contribution in [3.63, 3.8) is 0 Å². The molecular weight excluding hydrogens is 430 g/mol. The first-order valence-corrected chi connectivity index (χ1v) is 11.9. The number of thiazole rings is 1. The van der Waals surface area contributed by atoms with Gasteiger partial charge in [-0.25, -0.2) is 4.99 Å². The number of aryl methyl sites for hydroxylation is 3. The summed E-state index contributed by atoms with van der Waals surface area (Å²) in [5.41, 5.74) is 7.41. The summed E-state index contributed by atoms with van der Waals surface area (Å²) in [6, 6.07) is 22.8. The predicted octanol–water partition coefficient (Wildman–Crippen LogP) is 5.64. The number of aromatic nitrogens is 1. The number of anilines is 1. The molecule has 1 amide bonds. The first-order chi connectivity index (χ1) is 16.1. The van der Waals surface area contributed by atoms with E-state index >= 15 is 0 Å². The number of nitrogens with one attached hydrogen (secondary N) is 1. The number of carbonyl (C=O) groups is 1. The summed E-state index contributed by atoms with van der Waals surface area (Å²) in [5, 5.41) is 5.06. The first-order valence-electron chi connectivity index (χ1n) is 11.0. The van der Waals surface area contributed by atoms with E-state index in [1.54, 1.807) is 11.3 Å². The molecule has 1 aliphatic rings. The SMILES string of the molecule is Cc1ccc(C)c(N=c2scc(-c3ccc4c(c3)NC(=O)CO4)n2CCc2ccccc2)c1. The third-order valence-electron chi connectivity index (χ3n) is 5.75. The molecule has 4 aromatic rings. The standard InChI is InChI=1S/C27H25N3O2S/c1-18-8-9-19(2)22(14-18)29-27-30(13-12-20-6-4-3-5-7-20)24(17-33-27)21-10-11-25-23(15-21)28-26(31)16-32-25/h3-11,14-15,17H,12-13,16H2,1-2H3,(H,28,31).